The van der Waals surface area contributed by atoms with Crippen LogP contribution in [0, 0.1) is 27.7 Å². The lowest BCUT2D eigenvalue weighted by molar-refractivity contribution is 1.44. The molecule has 3 rings (SSSR count). The van der Waals surface area contributed by atoms with Crippen LogP contribution in [-0.4, -0.2) is 0 Å². The van der Waals surface area contributed by atoms with Gasteiger partial charge in [-0.1, -0.05) is 47.5 Å². The van der Waals surface area contributed by atoms with Gasteiger partial charge in [-0.15, -0.1) is 0 Å². The van der Waals surface area contributed by atoms with Gasteiger partial charge in [-0.25, -0.2) is 0 Å². The van der Waals surface area contributed by atoms with Crippen LogP contribution in [0.5, 0.6) is 0 Å². The molecule has 0 fully saturated rings. The summed E-state index contributed by atoms with van der Waals surface area (Å²) >= 11 is 0. The third-order valence-electron chi connectivity index (χ3n) is 3.97. The molecule has 0 atom stereocenters. The zero-order valence-corrected chi connectivity index (χ0v) is 11.5. The predicted molar refractivity (Wildman–Crippen MR) is 80.4 cm³/mol. The van der Waals surface area contributed by atoms with Crippen molar-refractivity contribution in [3.8, 4) is 0 Å². The van der Waals surface area contributed by atoms with Gasteiger partial charge in [-0.2, -0.15) is 0 Å². The molecule has 0 spiro atoms. The molecule has 0 N–H and O–H groups in total. The van der Waals surface area contributed by atoms with E-state index >= 15 is 0 Å². The Morgan fingerprint density at radius 2 is 0.889 bits per heavy atom. The van der Waals surface area contributed by atoms with Crippen LogP contribution < -0.4 is 0 Å². The number of hydrogen-bond donors (Lipinski definition) is 0. The quantitative estimate of drug-likeness (QED) is 0.467. The second-order valence-corrected chi connectivity index (χ2v) is 5.35. The van der Waals surface area contributed by atoms with Crippen LogP contribution in [0.3, 0.4) is 0 Å². The Balaban J connectivity index is 2.61. The zero-order valence-electron chi connectivity index (χ0n) is 11.5. The van der Waals surface area contributed by atoms with Gasteiger partial charge in [0.2, 0.25) is 0 Å². The van der Waals surface area contributed by atoms with Crippen LogP contribution in [0.2, 0.25) is 0 Å². The first kappa shape index (κ1) is 11.3. The maximum absolute atomic E-state index is 2.30. The summed E-state index contributed by atoms with van der Waals surface area (Å²) in [6.45, 7) is 8.79. The smallest absolute Gasteiger partial charge is 0.0143 e. The summed E-state index contributed by atoms with van der Waals surface area (Å²) in [5, 5.41) is 5.56. The number of benzene rings is 3. The summed E-state index contributed by atoms with van der Waals surface area (Å²) in [5.41, 5.74) is 5.46. The summed E-state index contributed by atoms with van der Waals surface area (Å²) < 4.78 is 0. The van der Waals surface area contributed by atoms with E-state index in [0.29, 0.717) is 0 Å². The lowest BCUT2D eigenvalue weighted by Gasteiger charge is -2.13. The Hall–Kier alpha value is -1.82. The first-order chi connectivity index (χ1) is 8.58. The molecule has 0 heterocycles. The predicted octanol–water partition coefficient (Wildman–Crippen LogP) is 5.23. The third kappa shape index (κ3) is 1.53. The standard InChI is InChI=1S/C18H18/c1-11-5-7-15-13(3)16-8-6-12(2)10-18(16)14(4)17(15)9-11/h5-10H,1-4H3. The minimum absolute atomic E-state index is 1.33. The van der Waals surface area contributed by atoms with Gasteiger partial charge in [-0.05, 0) is 60.4 Å². The van der Waals surface area contributed by atoms with E-state index in [1.807, 2.05) is 0 Å². The van der Waals surface area contributed by atoms with Crippen LogP contribution in [0.1, 0.15) is 22.3 Å². The summed E-state index contributed by atoms with van der Waals surface area (Å²) in [6.07, 6.45) is 0. The molecular weight excluding hydrogens is 216 g/mol. The van der Waals surface area contributed by atoms with Crippen molar-refractivity contribution in [2.75, 3.05) is 0 Å². The molecular formula is C18H18. The van der Waals surface area contributed by atoms with Crippen molar-refractivity contribution in [3.63, 3.8) is 0 Å². The average molecular weight is 234 g/mol. The maximum atomic E-state index is 2.30. The number of aryl methyl sites for hydroxylation is 4. The van der Waals surface area contributed by atoms with Crippen LogP contribution in [0.25, 0.3) is 21.5 Å². The van der Waals surface area contributed by atoms with Crippen LogP contribution >= 0.6 is 0 Å². The second kappa shape index (κ2) is 3.84. The van der Waals surface area contributed by atoms with Crippen molar-refractivity contribution in [2.24, 2.45) is 0 Å². The van der Waals surface area contributed by atoms with Crippen molar-refractivity contribution in [1.29, 1.82) is 0 Å². The lowest BCUT2D eigenvalue weighted by atomic mass is 9.91. The van der Waals surface area contributed by atoms with E-state index in [-0.39, 0.29) is 0 Å². The summed E-state index contributed by atoms with van der Waals surface area (Å²) in [7, 11) is 0. The highest BCUT2D eigenvalue weighted by Gasteiger charge is 2.08. The molecule has 0 aliphatic heterocycles. The fraction of sp³-hybridized carbons (Fsp3) is 0.222. The fourth-order valence-corrected chi connectivity index (χ4v) is 2.88. The summed E-state index contributed by atoms with van der Waals surface area (Å²) in [4.78, 5) is 0. The van der Waals surface area contributed by atoms with E-state index in [2.05, 4.69) is 64.1 Å². The normalized spacial score (nSPS) is 11.3. The monoisotopic (exact) mass is 234 g/mol. The Morgan fingerprint density at radius 1 is 0.500 bits per heavy atom. The van der Waals surface area contributed by atoms with Crippen LogP contribution in [-0.2, 0) is 0 Å². The van der Waals surface area contributed by atoms with Gasteiger partial charge in [0.25, 0.3) is 0 Å². The van der Waals surface area contributed by atoms with Crippen molar-refractivity contribution >= 4 is 21.5 Å². The van der Waals surface area contributed by atoms with Gasteiger partial charge in [0.15, 0.2) is 0 Å². The summed E-state index contributed by atoms with van der Waals surface area (Å²) in [5.74, 6) is 0. The minimum atomic E-state index is 1.33. The SMILES string of the molecule is Cc1ccc2c(C)c3ccc(C)cc3c(C)c2c1. The third-order valence-corrected chi connectivity index (χ3v) is 3.97. The molecule has 0 radical (unpaired) electrons. The van der Waals surface area contributed by atoms with Gasteiger partial charge < -0.3 is 0 Å². The highest BCUT2D eigenvalue weighted by atomic mass is 14.1. The Labute approximate surface area is 108 Å². The molecule has 0 aromatic heterocycles. The highest BCUT2D eigenvalue weighted by Crippen LogP contribution is 2.32. The highest BCUT2D eigenvalue weighted by molar-refractivity contribution is 6.05. The van der Waals surface area contributed by atoms with Crippen molar-refractivity contribution in [2.45, 2.75) is 27.7 Å². The molecule has 0 heteroatoms. The Kier molecular flexibility index (Phi) is 2.41. The fourth-order valence-electron chi connectivity index (χ4n) is 2.88. The number of hydrogen-bond acceptors (Lipinski definition) is 0. The van der Waals surface area contributed by atoms with Crippen LogP contribution in [0.15, 0.2) is 36.4 Å². The summed E-state index contributed by atoms with van der Waals surface area (Å²) in [6, 6.07) is 13.5. The Morgan fingerprint density at radius 3 is 1.33 bits per heavy atom. The lowest BCUT2D eigenvalue weighted by Crippen LogP contribution is -1.89. The molecule has 0 nitrogen and oxygen atoms in total. The molecule has 0 unspecified atom stereocenters. The van der Waals surface area contributed by atoms with Crippen molar-refractivity contribution in [1.82, 2.24) is 0 Å². The molecule has 3 aromatic rings. The molecule has 0 saturated heterocycles. The molecule has 18 heavy (non-hydrogen) atoms. The van der Waals surface area contributed by atoms with E-state index in [1.165, 1.54) is 43.8 Å². The molecule has 90 valence electrons. The van der Waals surface area contributed by atoms with E-state index in [9.17, 15) is 0 Å². The van der Waals surface area contributed by atoms with Crippen molar-refractivity contribution in [3.05, 3.63) is 58.7 Å². The van der Waals surface area contributed by atoms with E-state index < -0.39 is 0 Å². The van der Waals surface area contributed by atoms with Crippen molar-refractivity contribution < 1.29 is 0 Å². The molecule has 0 amide bonds. The molecule has 0 bridgehead atoms. The van der Waals surface area contributed by atoms with E-state index in [0.717, 1.165) is 0 Å². The maximum Gasteiger partial charge on any atom is -0.0143 e. The van der Waals surface area contributed by atoms with Gasteiger partial charge in [0.1, 0.15) is 0 Å². The molecule has 0 aliphatic carbocycles. The average Bonchev–Trinajstić information content (AvgIpc) is 2.35. The van der Waals surface area contributed by atoms with Gasteiger partial charge in [0.05, 0.1) is 0 Å². The van der Waals surface area contributed by atoms with Gasteiger partial charge in [-0.3, -0.25) is 0 Å². The van der Waals surface area contributed by atoms with E-state index in [4.69, 9.17) is 0 Å². The Bertz CT molecular complexity index is 701. The molecule has 0 aliphatic rings. The first-order valence-corrected chi connectivity index (χ1v) is 6.48. The van der Waals surface area contributed by atoms with Gasteiger partial charge in [0, 0.05) is 0 Å². The largest absolute Gasteiger partial charge is 0.0587 e. The molecule has 0 saturated carbocycles. The topological polar surface area (TPSA) is 0 Å². The first-order valence-electron chi connectivity index (χ1n) is 6.48. The van der Waals surface area contributed by atoms with Gasteiger partial charge >= 0.3 is 0 Å². The number of fused-ring (bicyclic) bond motifs is 2. The van der Waals surface area contributed by atoms with Crippen LogP contribution in [0.4, 0.5) is 0 Å². The van der Waals surface area contributed by atoms with E-state index in [1.54, 1.807) is 0 Å². The molecule has 3 aromatic carbocycles. The minimum Gasteiger partial charge on any atom is -0.0587 e. The zero-order chi connectivity index (χ0) is 12.9. The number of rotatable bonds is 0. The second-order valence-electron chi connectivity index (χ2n) is 5.35.